The van der Waals surface area contributed by atoms with Crippen molar-refractivity contribution in [2.24, 2.45) is 4.99 Å². The molecule has 7 heteroatoms. The van der Waals surface area contributed by atoms with E-state index >= 15 is 0 Å². The van der Waals surface area contributed by atoms with Gasteiger partial charge < -0.3 is 10.4 Å². The molecule has 1 atom stereocenters. The molecule has 0 aromatic heterocycles. The number of aliphatic imine (C=N–C) groups is 1. The largest absolute Gasteiger partial charge is 0.393 e. The molecule has 0 fully saturated rings. The van der Waals surface area contributed by atoms with Crippen molar-refractivity contribution < 1.29 is 18.7 Å². The van der Waals surface area contributed by atoms with Gasteiger partial charge in [0.2, 0.25) is 0 Å². The van der Waals surface area contributed by atoms with E-state index in [4.69, 9.17) is 0 Å². The van der Waals surface area contributed by atoms with Gasteiger partial charge in [-0.3, -0.25) is 4.79 Å². The fourth-order valence-corrected chi connectivity index (χ4v) is 2.70. The first kappa shape index (κ1) is 19.1. The van der Waals surface area contributed by atoms with E-state index < -0.39 is 23.8 Å². The lowest BCUT2D eigenvalue weighted by Gasteiger charge is -2.25. The summed E-state index contributed by atoms with van der Waals surface area (Å²) in [6, 6.07) is 11.6. The maximum atomic E-state index is 14.1. The van der Waals surface area contributed by atoms with E-state index in [-0.39, 0.29) is 16.6 Å². The van der Waals surface area contributed by atoms with Crippen molar-refractivity contribution in [2.45, 2.75) is 12.5 Å². The second-order valence-electron chi connectivity index (χ2n) is 5.50. The van der Waals surface area contributed by atoms with Crippen molar-refractivity contribution in [3.63, 3.8) is 0 Å². The summed E-state index contributed by atoms with van der Waals surface area (Å²) in [6.07, 6.45) is 1.70. The Bertz CT molecular complexity index is 784. The van der Waals surface area contributed by atoms with Crippen LogP contribution in [0.25, 0.3) is 0 Å². The van der Waals surface area contributed by atoms with Crippen LogP contribution in [0.4, 0.5) is 8.78 Å². The summed E-state index contributed by atoms with van der Waals surface area (Å²) >= 11 is 1.15. The summed E-state index contributed by atoms with van der Waals surface area (Å²) in [7, 11) is 0. The summed E-state index contributed by atoms with van der Waals surface area (Å²) in [6.45, 7) is 0.995. The van der Waals surface area contributed by atoms with Crippen molar-refractivity contribution in [1.82, 2.24) is 5.32 Å². The maximum Gasteiger partial charge on any atom is 0.257 e. The number of carbonyl (C=O) groups is 1. The van der Waals surface area contributed by atoms with Crippen LogP contribution in [0.5, 0.6) is 0 Å². The van der Waals surface area contributed by atoms with E-state index in [1.54, 1.807) is 36.6 Å². The predicted molar refractivity (Wildman–Crippen MR) is 95.7 cm³/mol. The second-order valence-corrected chi connectivity index (χ2v) is 6.29. The molecule has 25 heavy (non-hydrogen) atoms. The van der Waals surface area contributed by atoms with Gasteiger partial charge in [-0.2, -0.15) is 0 Å². The Labute approximate surface area is 149 Å². The predicted octanol–water partition coefficient (Wildman–Crippen LogP) is 3.32. The van der Waals surface area contributed by atoms with Gasteiger partial charge in [0.25, 0.3) is 5.91 Å². The van der Waals surface area contributed by atoms with Gasteiger partial charge in [0.15, 0.2) is 5.17 Å². The van der Waals surface area contributed by atoms with Gasteiger partial charge in [0.05, 0.1) is 6.61 Å². The molecule has 0 saturated heterocycles. The molecule has 2 aromatic carbocycles. The molecule has 0 heterocycles. The Morgan fingerprint density at radius 2 is 1.92 bits per heavy atom. The highest BCUT2D eigenvalue weighted by molar-refractivity contribution is 8.13. The second kappa shape index (κ2) is 8.22. The van der Waals surface area contributed by atoms with E-state index in [0.717, 1.165) is 23.9 Å². The van der Waals surface area contributed by atoms with E-state index in [1.807, 2.05) is 0 Å². The standard InChI is InChI=1S/C18H18F2N2O2S/c1-18(11-23,14-9-8-13(19)10-15(14)20)22-17(25-2)21-16(24)12-6-4-3-5-7-12/h3-10,23H,11H2,1-2H3,(H,21,22,24)/t18-/m1/s1. The van der Waals surface area contributed by atoms with Crippen molar-refractivity contribution in [2.75, 3.05) is 12.9 Å². The zero-order valence-corrected chi connectivity index (χ0v) is 14.6. The molecule has 0 spiro atoms. The van der Waals surface area contributed by atoms with Gasteiger partial charge in [-0.05, 0) is 31.4 Å². The topological polar surface area (TPSA) is 61.7 Å². The van der Waals surface area contributed by atoms with E-state index in [9.17, 15) is 18.7 Å². The van der Waals surface area contributed by atoms with E-state index in [2.05, 4.69) is 10.3 Å². The molecular formula is C18H18F2N2O2S. The average molecular weight is 364 g/mol. The third kappa shape index (κ3) is 4.64. The van der Waals surface area contributed by atoms with Crippen LogP contribution in [0.2, 0.25) is 0 Å². The van der Waals surface area contributed by atoms with Crippen molar-refractivity contribution in [3.05, 3.63) is 71.3 Å². The Morgan fingerprint density at radius 3 is 2.48 bits per heavy atom. The molecule has 4 nitrogen and oxygen atoms in total. The smallest absolute Gasteiger partial charge is 0.257 e. The summed E-state index contributed by atoms with van der Waals surface area (Å²) < 4.78 is 27.2. The molecule has 0 aliphatic heterocycles. The molecule has 1 amide bonds. The van der Waals surface area contributed by atoms with Crippen LogP contribution in [0, 0.1) is 11.6 Å². The lowest BCUT2D eigenvalue weighted by Crippen LogP contribution is -2.33. The monoisotopic (exact) mass is 364 g/mol. The number of rotatable bonds is 4. The number of nitrogens with zero attached hydrogens (tertiary/aromatic N) is 1. The van der Waals surface area contributed by atoms with E-state index in [1.165, 1.54) is 13.0 Å². The average Bonchev–Trinajstić information content (AvgIpc) is 2.61. The first-order valence-electron chi connectivity index (χ1n) is 7.46. The van der Waals surface area contributed by atoms with Gasteiger partial charge in [-0.25, -0.2) is 13.8 Å². The molecule has 2 N–H and O–H groups in total. The Hall–Kier alpha value is -2.25. The zero-order valence-electron chi connectivity index (χ0n) is 13.8. The highest BCUT2D eigenvalue weighted by Gasteiger charge is 2.29. The molecule has 0 aliphatic carbocycles. The van der Waals surface area contributed by atoms with Crippen molar-refractivity contribution in [3.8, 4) is 0 Å². The Balaban J connectivity index is 2.33. The lowest BCUT2D eigenvalue weighted by molar-refractivity contribution is 0.0977. The molecule has 0 bridgehead atoms. The summed E-state index contributed by atoms with van der Waals surface area (Å²) in [5, 5.41) is 12.6. The quantitative estimate of drug-likeness (QED) is 0.646. The number of halogens is 2. The van der Waals surface area contributed by atoms with Crippen LogP contribution >= 0.6 is 11.8 Å². The fourth-order valence-electron chi connectivity index (χ4n) is 2.21. The minimum Gasteiger partial charge on any atom is -0.393 e. The Morgan fingerprint density at radius 1 is 1.24 bits per heavy atom. The summed E-state index contributed by atoms with van der Waals surface area (Å²) in [5.74, 6) is -1.89. The van der Waals surface area contributed by atoms with Gasteiger partial charge in [-0.1, -0.05) is 36.0 Å². The molecule has 132 valence electrons. The maximum absolute atomic E-state index is 14.1. The molecule has 0 aliphatic rings. The van der Waals surface area contributed by atoms with Gasteiger partial charge in [-0.15, -0.1) is 0 Å². The van der Waals surface area contributed by atoms with E-state index in [0.29, 0.717) is 5.56 Å². The van der Waals surface area contributed by atoms with Crippen LogP contribution in [0.3, 0.4) is 0 Å². The molecule has 0 unspecified atom stereocenters. The molecule has 0 radical (unpaired) electrons. The highest BCUT2D eigenvalue weighted by Crippen LogP contribution is 2.29. The van der Waals surface area contributed by atoms with Crippen molar-refractivity contribution >= 4 is 22.8 Å². The molecule has 2 rings (SSSR count). The first-order valence-corrected chi connectivity index (χ1v) is 8.68. The highest BCUT2D eigenvalue weighted by atomic mass is 32.2. The number of aliphatic hydroxyl groups is 1. The lowest BCUT2D eigenvalue weighted by atomic mass is 9.93. The third-order valence-electron chi connectivity index (χ3n) is 3.62. The van der Waals surface area contributed by atoms with Crippen LogP contribution in [0.15, 0.2) is 53.5 Å². The van der Waals surface area contributed by atoms with Crippen LogP contribution in [0.1, 0.15) is 22.8 Å². The van der Waals surface area contributed by atoms with Crippen LogP contribution in [-0.2, 0) is 5.54 Å². The van der Waals surface area contributed by atoms with Gasteiger partial charge in [0.1, 0.15) is 17.2 Å². The number of aliphatic hydroxyl groups excluding tert-OH is 1. The number of thioether (sulfide) groups is 1. The number of carbonyl (C=O) groups excluding carboxylic acids is 1. The zero-order chi connectivity index (χ0) is 18.4. The number of nitrogens with one attached hydrogen (secondary N) is 1. The number of benzene rings is 2. The van der Waals surface area contributed by atoms with Crippen molar-refractivity contribution in [1.29, 1.82) is 0 Å². The Kier molecular flexibility index (Phi) is 6.27. The molecular weight excluding hydrogens is 346 g/mol. The fraction of sp³-hybridized carbons (Fsp3) is 0.222. The summed E-state index contributed by atoms with van der Waals surface area (Å²) in [4.78, 5) is 16.6. The van der Waals surface area contributed by atoms with Crippen LogP contribution in [-0.4, -0.2) is 29.0 Å². The number of amidine groups is 1. The van der Waals surface area contributed by atoms with Crippen LogP contribution < -0.4 is 5.32 Å². The minimum atomic E-state index is -1.36. The SMILES string of the molecule is CSC(=N[C@](C)(CO)c1ccc(F)cc1F)NC(=O)c1ccccc1. The molecule has 2 aromatic rings. The number of hydrogen-bond donors (Lipinski definition) is 2. The summed E-state index contributed by atoms with van der Waals surface area (Å²) in [5.41, 5.74) is -0.875. The minimum absolute atomic E-state index is 0.0388. The first-order chi connectivity index (χ1) is 11.9. The molecule has 0 saturated carbocycles. The van der Waals surface area contributed by atoms with Gasteiger partial charge >= 0.3 is 0 Å². The number of hydrogen-bond acceptors (Lipinski definition) is 4. The number of amides is 1. The van der Waals surface area contributed by atoms with Gasteiger partial charge in [0, 0.05) is 17.2 Å². The third-order valence-corrected chi connectivity index (χ3v) is 4.20. The normalized spacial score (nSPS) is 14.0.